The molecule has 0 amide bonds. The minimum absolute atomic E-state index is 0.178. The van der Waals surface area contributed by atoms with Crippen LogP contribution in [0.1, 0.15) is 51.1 Å². The molecule has 0 radical (unpaired) electrons. The molecule has 2 rings (SSSR count). The summed E-state index contributed by atoms with van der Waals surface area (Å²) in [7, 11) is 0. The zero-order valence-corrected chi connectivity index (χ0v) is 11.6. The number of hydrogen-bond donors (Lipinski definition) is 1. The fourth-order valence-corrected chi connectivity index (χ4v) is 2.96. The first-order chi connectivity index (χ1) is 9.11. The summed E-state index contributed by atoms with van der Waals surface area (Å²) in [4.78, 5) is 10.5. The van der Waals surface area contributed by atoms with Crippen molar-refractivity contribution in [1.82, 2.24) is 5.32 Å². The minimum Gasteiger partial charge on any atom is -0.307 e. The molecule has 1 aromatic carbocycles. The first-order valence-electron chi connectivity index (χ1n) is 7.12. The van der Waals surface area contributed by atoms with Crippen molar-refractivity contribution in [3.8, 4) is 0 Å². The number of nitro benzene ring substituents is 1. The lowest BCUT2D eigenvalue weighted by atomic mass is 9.99. The van der Waals surface area contributed by atoms with E-state index in [1.54, 1.807) is 18.2 Å². The van der Waals surface area contributed by atoms with Crippen LogP contribution in [0.4, 0.5) is 5.69 Å². The third-order valence-corrected chi connectivity index (χ3v) is 4.17. The van der Waals surface area contributed by atoms with E-state index in [4.69, 9.17) is 0 Å². The molecule has 0 aliphatic heterocycles. The van der Waals surface area contributed by atoms with Crippen LogP contribution in [0.5, 0.6) is 0 Å². The fourth-order valence-electron chi connectivity index (χ4n) is 2.96. The molecule has 104 valence electrons. The van der Waals surface area contributed by atoms with Crippen LogP contribution in [0.15, 0.2) is 24.3 Å². The molecule has 3 atom stereocenters. The molecule has 4 heteroatoms. The highest BCUT2D eigenvalue weighted by molar-refractivity contribution is 5.35. The van der Waals surface area contributed by atoms with Crippen molar-refractivity contribution in [2.45, 2.75) is 51.6 Å². The SMILES string of the molecule is CCC(NC1CCCC1C)c1cccc([N+](=O)[O-])c1. The molecule has 19 heavy (non-hydrogen) atoms. The normalized spacial score (nSPS) is 24.3. The summed E-state index contributed by atoms with van der Waals surface area (Å²) < 4.78 is 0. The number of benzene rings is 1. The molecule has 4 nitrogen and oxygen atoms in total. The quantitative estimate of drug-likeness (QED) is 0.648. The molecule has 0 spiro atoms. The van der Waals surface area contributed by atoms with Gasteiger partial charge in [-0.2, -0.15) is 0 Å². The van der Waals surface area contributed by atoms with E-state index in [0.717, 1.165) is 12.0 Å². The summed E-state index contributed by atoms with van der Waals surface area (Å²) in [5.41, 5.74) is 1.20. The number of nitro groups is 1. The van der Waals surface area contributed by atoms with Gasteiger partial charge in [-0.15, -0.1) is 0 Å². The molecule has 1 aliphatic rings. The van der Waals surface area contributed by atoms with Crippen LogP contribution in [-0.4, -0.2) is 11.0 Å². The van der Waals surface area contributed by atoms with Crippen LogP contribution in [-0.2, 0) is 0 Å². The zero-order valence-electron chi connectivity index (χ0n) is 11.6. The van der Waals surface area contributed by atoms with Gasteiger partial charge in [-0.3, -0.25) is 10.1 Å². The Balaban J connectivity index is 2.12. The van der Waals surface area contributed by atoms with Crippen molar-refractivity contribution in [3.63, 3.8) is 0 Å². The number of non-ortho nitro benzene ring substituents is 1. The fraction of sp³-hybridized carbons (Fsp3) is 0.600. The van der Waals surface area contributed by atoms with E-state index < -0.39 is 0 Å². The highest BCUT2D eigenvalue weighted by Gasteiger charge is 2.25. The lowest BCUT2D eigenvalue weighted by molar-refractivity contribution is -0.384. The molecule has 0 saturated heterocycles. The second-order valence-electron chi connectivity index (χ2n) is 5.49. The second kappa shape index (κ2) is 6.15. The second-order valence-corrected chi connectivity index (χ2v) is 5.49. The largest absolute Gasteiger partial charge is 0.307 e. The zero-order chi connectivity index (χ0) is 13.8. The van der Waals surface area contributed by atoms with E-state index in [2.05, 4.69) is 19.2 Å². The predicted molar refractivity (Wildman–Crippen MR) is 76.1 cm³/mol. The molecule has 1 fully saturated rings. The molecule has 1 aromatic rings. The van der Waals surface area contributed by atoms with Crippen LogP contribution < -0.4 is 5.32 Å². The van der Waals surface area contributed by atoms with Gasteiger partial charge in [0.2, 0.25) is 0 Å². The Hall–Kier alpha value is -1.42. The highest BCUT2D eigenvalue weighted by atomic mass is 16.6. The van der Waals surface area contributed by atoms with E-state index in [1.807, 2.05) is 6.07 Å². The van der Waals surface area contributed by atoms with Gasteiger partial charge >= 0.3 is 0 Å². The molecule has 0 bridgehead atoms. The Morgan fingerprint density at radius 1 is 1.47 bits per heavy atom. The van der Waals surface area contributed by atoms with Gasteiger partial charge in [-0.25, -0.2) is 0 Å². The van der Waals surface area contributed by atoms with Crippen molar-refractivity contribution in [2.24, 2.45) is 5.92 Å². The molecule has 3 unspecified atom stereocenters. The van der Waals surface area contributed by atoms with E-state index in [1.165, 1.54) is 19.3 Å². The predicted octanol–water partition coefficient (Wildman–Crippen LogP) is 3.82. The third-order valence-electron chi connectivity index (χ3n) is 4.17. The highest BCUT2D eigenvalue weighted by Crippen LogP contribution is 2.29. The van der Waals surface area contributed by atoms with E-state index in [9.17, 15) is 10.1 Å². The lowest BCUT2D eigenvalue weighted by Gasteiger charge is -2.25. The van der Waals surface area contributed by atoms with Crippen molar-refractivity contribution in [2.75, 3.05) is 0 Å². The standard InChI is InChI=1S/C15H22N2O2/c1-3-14(16-15-9-4-6-11(15)2)12-7-5-8-13(10-12)17(18)19/h5,7-8,10-11,14-16H,3-4,6,9H2,1-2H3. The summed E-state index contributed by atoms with van der Waals surface area (Å²) in [6.07, 6.45) is 4.73. The molecule has 1 saturated carbocycles. The Labute approximate surface area is 114 Å². The average molecular weight is 262 g/mol. The molecule has 1 N–H and O–H groups in total. The topological polar surface area (TPSA) is 55.2 Å². The van der Waals surface area contributed by atoms with Gasteiger partial charge < -0.3 is 5.32 Å². The number of nitrogens with zero attached hydrogens (tertiary/aromatic N) is 1. The van der Waals surface area contributed by atoms with Crippen LogP contribution in [0.25, 0.3) is 0 Å². The number of nitrogens with one attached hydrogen (secondary N) is 1. The van der Waals surface area contributed by atoms with Crippen LogP contribution in [0.3, 0.4) is 0 Å². The van der Waals surface area contributed by atoms with Gasteiger partial charge in [-0.05, 0) is 30.7 Å². The Morgan fingerprint density at radius 3 is 2.84 bits per heavy atom. The van der Waals surface area contributed by atoms with Crippen molar-refractivity contribution in [1.29, 1.82) is 0 Å². The van der Waals surface area contributed by atoms with Gasteiger partial charge in [-0.1, -0.05) is 32.4 Å². The van der Waals surface area contributed by atoms with Crippen LogP contribution >= 0.6 is 0 Å². The first-order valence-corrected chi connectivity index (χ1v) is 7.12. The Kier molecular flexibility index (Phi) is 4.53. The average Bonchev–Trinajstić information content (AvgIpc) is 2.81. The van der Waals surface area contributed by atoms with Crippen molar-refractivity contribution < 1.29 is 4.92 Å². The van der Waals surface area contributed by atoms with E-state index in [0.29, 0.717) is 12.0 Å². The van der Waals surface area contributed by atoms with Crippen LogP contribution in [0.2, 0.25) is 0 Å². The maximum atomic E-state index is 10.8. The van der Waals surface area contributed by atoms with Crippen LogP contribution in [0, 0.1) is 16.0 Å². The van der Waals surface area contributed by atoms with Gasteiger partial charge in [0.25, 0.3) is 5.69 Å². The Bertz CT molecular complexity index is 448. The van der Waals surface area contributed by atoms with Crippen molar-refractivity contribution >= 4 is 5.69 Å². The first kappa shape index (κ1) is 14.0. The smallest absolute Gasteiger partial charge is 0.269 e. The molecule has 0 aromatic heterocycles. The van der Waals surface area contributed by atoms with E-state index in [-0.39, 0.29) is 16.7 Å². The maximum Gasteiger partial charge on any atom is 0.269 e. The monoisotopic (exact) mass is 262 g/mol. The van der Waals surface area contributed by atoms with Gasteiger partial charge in [0.1, 0.15) is 0 Å². The molecular formula is C15H22N2O2. The summed E-state index contributed by atoms with van der Waals surface area (Å²) >= 11 is 0. The number of hydrogen-bond acceptors (Lipinski definition) is 3. The maximum absolute atomic E-state index is 10.8. The minimum atomic E-state index is -0.325. The summed E-state index contributed by atoms with van der Waals surface area (Å²) in [6, 6.07) is 7.76. The van der Waals surface area contributed by atoms with Gasteiger partial charge in [0.05, 0.1) is 4.92 Å². The summed E-state index contributed by atoms with van der Waals surface area (Å²) in [5, 5.41) is 14.5. The summed E-state index contributed by atoms with van der Waals surface area (Å²) in [5.74, 6) is 0.702. The van der Waals surface area contributed by atoms with Crippen molar-refractivity contribution in [3.05, 3.63) is 39.9 Å². The van der Waals surface area contributed by atoms with Gasteiger partial charge in [0, 0.05) is 24.2 Å². The molecule has 1 aliphatic carbocycles. The molecular weight excluding hydrogens is 240 g/mol. The summed E-state index contributed by atoms with van der Waals surface area (Å²) in [6.45, 7) is 4.40. The third kappa shape index (κ3) is 3.32. The lowest BCUT2D eigenvalue weighted by Crippen LogP contribution is -2.34. The van der Waals surface area contributed by atoms with Gasteiger partial charge in [0.15, 0.2) is 0 Å². The van der Waals surface area contributed by atoms with E-state index >= 15 is 0 Å². The Morgan fingerprint density at radius 2 is 2.26 bits per heavy atom. The molecule has 0 heterocycles. The number of rotatable bonds is 5.